The predicted octanol–water partition coefficient (Wildman–Crippen LogP) is 4.12. The molecule has 0 aliphatic carbocycles. The number of halogens is 4. The summed E-state index contributed by atoms with van der Waals surface area (Å²) in [6.45, 7) is 5.74. The first-order valence-corrected chi connectivity index (χ1v) is 16.6. The summed E-state index contributed by atoms with van der Waals surface area (Å²) in [5.74, 6) is 0.0242. The zero-order valence-electron chi connectivity index (χ0n) is 23.8. The maximum atomic E-state index is 14.0. The van der Waals surface area contributed by atoms with Gasteiger partial charge in [-0.25, -0.2) is 27.7 Å². The number of anilines is 1. The fraction of sp³-hybridized carbons (Fsp3) is 0.536. The van der Waals surface area contributed by atoms with Crippen LogP contribution in [0.15, 0.2) is 36.9 Å². The van der Waals surface area contributed by atoms with Crippen molar-refractivity contribution >= 4 is 27.6 Å². The number of piperidine rings is 1. The van der Waals surface area contributed by atoms with E-state index in [0.717, 1.165) is 44.2 Å². The molecule has 232 valence electrons. The van der Waals surface area contributed by atoms with Crippen molar-refractivity contribution in [2.45, 2.75) is 50.5 Å². The number of alkyl halides is 3. The first-order valence-electron chi connectivity index (χ1n) is 14.4. The minimum Gasteiger partial charge on any atom is -0.351 e. The third kappa shape index (κ3) is 6.83. The third-order valence-electron chi connectivity index (χ3n) is 8.54. The number of nitrogens with one attached hydrogen (secondary N) is 1. The molecule has 6 rings (SSSR count). The SMILES string of the molecule is CS(=O)(=O)N1CCC(Nc2ncc(C(F)(F)F)c(-c3cn(-c4ccc(CN5CCN6CCCC6C5)cc4Cl)cn3)n2)CC1. The van der Waals surface area contributed by atoms with Gasteiger partial charge in [0, 0.05) is 63.7 Å². The Morgan fingerprint density at radius 2 is 1.86 bits per heavy atom. The maximum absolute atomic E-state index is 14.0. The van der Waals surface area contributed by atoms with Crippen LogP contribution in [0.2, 0.25) is 5.02 Å². The number of sulfonamides is 1. The Labute approximate surface area is 253 Å². The van der Waals surface area contributed by atoms with E-state index in [1.165, 1.54) is 36.2 Å². The van der Waals surface area contributed by atoms with Crippen LogP contribution in [0.25, 0.3) is 17.1 Å². The van der Waals surface area contributed by atoms with Crippen molar-refractivity contribution in [2.24, 2.45) is 0 Å². The Morgan fingerprint density at radius 3 is 2.58 bits per heavy atom. The monoisotopic (exact) mass is 638 g/mol. The summed E-state index contributed by atoms with van der Waals surface area (Å²) < 4.78 is 68.4. The molecule has 15 heteroatoms. The minimum atomic E-state index is -4.69. The van der Waals surface area contributed by atoms with Crippen LogP contribution in [0, 0.1) is 0 Å². The average molecular weight is 639 g/mol. The molecule has 1 aromatic carbocycles. The largest absolute Gasteiger partial charge is 0.420 e. The highest BCUT2D eigenvalue weighted by molar-refractivity contribution is 7.88. The van der Waals surface area contributed by atoms with Crippen LogP contribution in [0.1, 0.15) is 36.8 Å². The van der Waals surface area contributed by atoms with Gasteiger partial charge in [0.1, 0.15) is 23.3 Å². The Bertz CT molecular complexity index is 1580. The van der Waals surface area contributed by atoms with Gasteiger partial charge in [-0.15, -0.1) is 0 Å². The second kappa shape index (κ2) is 12.0. The lowest BCUT2D eigenvalue weighted by atomic mass is 10.1. The van der Waals surface area contributed by atoms with Crippen molar-refractivity contribution in [1.82, 2.24) is 33.6 Å². The maximum Gasteiger partial charge on any atom is 0.420 e. The van der Waals surface area contributed by atoms with Gasteiger partial charge < -0.3 is 9.88 Å². The number of benzene rings is 1. The molecule has 1 N–H and O–H groups in total. The topological polar surface area (TPSA) is 99.5 Å². The Morgan fingerprint density at radius 1 is 1.07 bits per heavy atom. The molecule has 0 radical (unpaired) electrons. The summed E-state index contributed by atoms with van der Waals surface area (Å²) >= 11 is 6.67. The lowest BCUT2D eigenvalue weighted by molar-refractivity contribution is -0.137. The van der Waals surface area contributed by atoms with Crippen LogP contribution >= 0.6 is 11.6 Å². The van der Waals surface area contributed by atoms with Crippen LogP contribution in [0.5, 0.6) is 0 Å². The molecule has 2 aromatic heterocycles. The van der Waals surface area contributed by atoms with Crippen molar-refractivity contribution in [3.8, 4) is 17.1 Å². The van der Waals surface area contributed by atoms with E-state index < -0.39 is 21.8 Å². The molecule has 0 bridgehead atoms. The zero-order chi connectivity index (χ0) is 30.4. The standard InChI is InChI=1S/C28H34ClF3N8O2S/c1-43(41,42)40-9-6-20(7-10-40)35-27-33-14-22(28(30,31)32)26(36-27)24-17-39(18-34-24)25-5-4-19(13-23(25)29)15-37-11-12-38-8-2-3-21(38)16-37/h4-5,13-14,17-18,20-21H,2-3,6-12,15-16H2,1H3,(H,33,35,36). The van der Waals surface area contributed by atoms with Crippen molar-refractivity contribution in [3.05, 3.63) is 53.1 Å². The normalized spacial score (nSPS) is 21.3. The summed E-state index contributed by atoms with van der Waals surface area (Å²) in [5, 5.41) is 3.54. The Hall–Kier alpha value is -2.78. The molecule has 3 fully saturated rings. The molecule has 3 aliphatic rings. The van der Waals surface area contributed by atoms with Gasteiger partial charge in [0.2, 0.25) is 16.0 Å². The molecule has 1 atom stereocenters. The van der Waals surface area contributed by atoms with E-state index in [-0.39, 0.29) is 23.4 Å². The number of piperazine rings is 1. The van der Waals surface area contributed by atoms with Crippen LogP contribution < -0.4 is 5.32 Å². The third-order valence-corrected chi connectivity index (χ3v) is 10.1. The summed E-state index contributed by atoms with van der Waals surface area (Å²) in [6.07, 6.45) is 3.58. The number of aromatic nitrogens is 4. The Kier molecular flexibility index (Phi) is 8.41. The fourth-order valence-corrected chi connectivity index (χ4v) is 7.44. The van der Waals surface area contributed by atoms with Crippen LogP contribution in [-0.2, 0) is 22.7 Å². The predicted molar refractivity (Wildman–Crippen MR) is 158 cm³/mol. The van der Waals surface area contributed by atoms with Gasteiger partial charge in [-0.2, -0.15) is 13.2 Å². The highest BCUT2D eigenvalue weighted by Gasteiger charge is 2.36. The molecule has 3 aliphatic heterocycles. The summed E-state index contributed by atoms with van der Waals surface area (Å²) in [6, 6.07) is 6.19. The van der Waals surface area contributed by atoms with Crippen LogP contribution in [-0.4, -0.2) is 99.6 Å². The number of imidazole rings is 1. The number of hydrogen-bond donors (Lipinski definition) is 1. The van der Waals surface area contributed by atoms with E-state index in [2.05, 4.69) is 30.1 Å². The van der Waals surface area contributed by atoms with Crippen LogP contribution in [0.4, 0.5) is 19.1 Å². The second-order valence-corrected chi connectivity index (χ2v) is 13.9. The molecule has 3 aromatic rings. The molecule has 1 unspecified atom stereocenters. The van der Waals surface area contributed by atoms with Crippen molar-refractivity contribution in [1.29, 1.82) is 0 Å². The molecular weight excluding hydrogens is 605 g/mol. The summed E-state index contributed by atoms with van der Waals surface area (Å²) in [4.78, 5) is 17.4. The zero-order valence-corrected chi connectivity index (χ0v) is 25.3. The van der Waals surface area contributed by atoms with Gasteiger partial charge in [-0.3, -0.25) is 9.80 Å². The quantitative estimate of drug-likeness (QED) is 0.413. The van der Waals surface area contributed by atoms with Gasteiger partial charge in [0.15, 0.2) is 0 Å². The molecular formula is C28H34ClF3N8O2S. The fourth-order valence-electron chi connectivity index (χ4n) is 6.26. The van der Waals surface area contributed by atoms with Gasteiger partial charge in [0.05, 0.1) is 17.0 Å². The van der Waals surface area contributed by atoms with E-state index in [9.17, 15) is 21.6 Å². The lowest BCUT2D eigenvalue weighted by Gasteiger charge is -2.37. The Balaban J connectivity index is 1.18. The van der Waals surface area contributed by atoms with Crippen molar-refractivity contribution in [3.63, 3.8) is 0 Å². The average Bonchev–Trinajstić information content (AvgIpc) is 3.62. The molecule has 43 heavy (non-hydrogen) atoms. The van der Waals surface area contributed by atoms with E-state index in [4.69, 9.17) is 11.6 Å². The van der Waals surface area contributed by atoms with E-state index in [1.54, 1.807) is 4.57 Å². The van der Waals surface area contributed by atoms with Crippen molar-refractivity contribution in [2.75, 3.05) is 50.8 Å². The molecule has 5 heterocycles. The highest BCUT2D eigenvalue weighted by Crippen LogP contribution is 2.36. The molecule has 10 nitrogen and oxygen atoms in total. The van der Waals surface area contributed by atoms with Crippen molar-refractivity contribution < 1.29 is 21.6 Å². The van der Waals surface area contributed by atoms with E-state index >= 15 is 0 Å². The molecule has 0 saturated carbocycles. The first kappa shape index (κ1) is 30.3. The molecule has 3 saturated heterocycles. The van der Waals surface area contributed by atoms with E-state index in [0.29, 0.717) is 42.7 Å². The number of nitrogens with zero attached hydrogens (tertiary/aromatic N) is 7. The second-order valence-electron chi connectivity index (χ2n) is 11.6. The molecule has 0 amide bonds. The van der Waals surface area contributed by atoms with E-state index in [1.807, 2.05) is 18.2 Å². The first-order chi connectivity index (χ1) is 20.4. The highest BCUT2D eigenvalue weighted by atomic mass is 35.5. The van der Waals surface area contributed by atoms with Gasteiger partial charge in [-0.1, -0.05) is 17.7 Å². The summed E-state index contributed by atoms with van der Waals surface area (Å²) in [7, 11) is -3.30. The molecule has 0 spiro atoms. The van der Waals surface area contributed by atoms with Gasteiger partial charge in [0.25, 0.3) is 0 Å². The smallest absolute Gasteiger partial charge is 0.351 e. The summed E-state index contributed by atoms with van der Waals surface area (Å²) in [5.41, 5.74) is 0.353. The van der Waals surface area contributed by atoms with Crippen LogP contribution in [0.3, 0.4) is 0 Å². The van der Waals surface area contributed by atoms with Gasteiger partial charge in [-0.05, 0) is 49.9 Å². The van der Waals surface area contributed by atoms with Gasteiger partial charge >= 0.3 is 6.18 Å². The number of hydrogen-bond acceptors (Lipinski definition) is 8. The number of fused-ring (bicyclic) bond motifs is 1. The minimum absolute atomic E-state index is 0.0242. The lowest BCUT2D eigenvalue weighted by Crippen LogP contribution is -2.49. The number of rotatable bonds is 7.